The molecule has 0 aliphatic heterocycles. The third-order valence-corrected chi connectivity index (χ3v) is 7.66. The van der Waals surface area contributed by atoms with Gasteiger partial charge in [-0.2, -0.15) is 0 Å². The van der Waals surface area contributed by atoms with Crippen molar-refractivity contribution in [2.45, 2.75) is 50.5 Å². The van der Waals surface area contributed by atoms with Gasteiger partial charge in [0, 0.05) is 24.9 Å². The monoisotopic (exact) mass is 476 g/mol. The molecule has 2 amide bonds. The topological polar surface area (TPSA) is 105 Å². The highest BCUT2D eigenvalue weighted by atomic mass is 16.5. The number of carbonyl (C=O) groups is 3. The number of fused-ring (bicyclic) bond motifs is 3. The summed E-state index contributed by atoms with van der Waals surface area (Å²) in [6.07, 6.45) is 3.71. The van der Waals surface area contributed by atoms with Crippen molar-refractivity contribution in [1.29, 1.82) is 0 Å². The minimum absolute atomic E-state index is 0.0228. The van der Waals surface area contributed by atoms with Gasteiger partial charge in [-0.25, -0.2) is 4.79 Å². The molecule has 3 aliphatic rings. The fourth-order valence-corrected chi connectivity index (χ4v) is 5.60. The predicted molar refractivity (Wildman–Crippen MR) is 131 cm³/mol. The van der Waals surface area contributed by atoms with Gasteiger partial charge in [-0.3, -0.25) is 9.59 Å². The van der Waals surface area contributed by atoms with E-state index >= 15 is 0 Å². The average molecular weight is 477 g/mol. The van der Waals surface area contributed by atoms with Crippen molar-refractivity contribution in [3.05, 3.63) is 59.7 Å². The molecule has 1 atom stereocenters. The zero-order valence-electron chi connectivity index (χ0n) is 19.7. The van der Waals surface area contributed by atoms with Crippen LogP contribution in [0.1, 0.15) is 55.6 Å². The highest BCUT2D eigenvalue weighted by molar-refractivity contribution is 5.79. The number of hydrogen-bond acceptors (Lipinski definition) is 4. The van der Waals surface area contributed by atoms with E-state index in [0.717, 1.165) is 25.7 Å². The molecule has 3 N–H and O–H groups in total. The lowest BCUT2D eigenvalue weighted by Gasteiger charge is -2.35. The maximum absolute atomic E-state index is 12.4. The lowest BCUT2D eigenvalue weighted by molar-refractivity contribution is -0.138. The summed E-state index contributed by atoms with van der Waals surface area (Å²) in [7, 11) is 0. The van der Waals surface area contributed by atoms with E-state index in [2.05, 4.69) is 34.9 Å². The molecule has 0 bridgehead atoms. The summed E-state index contributed by atoms with van der Waals surface area (Å²) in [6.45, 7) is 0.723. The van der Waals surface area contributed by atoms with Crippen molar-refractivity contribution < 1.29 is 24.2 Å². The van der Waals surface area contributed by atoms with Crippen LogP contribution in [0.4, 0.5) is 4.79 Å². The molecule has 5 rings (SSSR count). The van der Waals surface area contributed by atoms with Crippen LogP contribution in [0.2, 0.25) is 0 Å². The summed E-state index contributed by atoms with van der Waals surface area (Å²) >= 11 is 0. The summed E-state index contributed by atoms with van der Waals surface area (Å²) < 4.78 is 5.61. The normalized spacial score (nSPS) is 21.3. The first kappa shape index (κ1) is 23.4. The second-order valence-corrected chi connectivity index (χ2v) is 10.2. The first-order valence-electron chi connectivity index (χ1n) is 12.6. The van der Waals surface area contributed by atoms with Crippen molar-refractivity contribution in [1.82, 2.24) is 10.6 Å². The van der Waals surface area contributed by atoms with Crippen LogP contribution in [0.25, 0.3) is 11.1 Å². The number of benzene rings is 2. The van der Waals surface area contributed by atoms with E-state index in [0.29, 0.717) is 18.9 Å². The number of hydrogen-bond donors (Lipinski definition) is 3. The number of nitrogens with one attached hydrogen (secondary N) is 2. The molecule has 7 heteroatoms. The Morgan fingerprint density at radius 3 is 2.20 bits per heavy atom. The standard InChI is InChI=1S/C28H32N2O5/c31-26(29-15-19(14-27(32)33)18-9-10-18)13-17-11-20(12-17)30-28(34)35-16-25-23-7-3-1-5-21(23)22-6-2-4-8-24(22)25/h1-8,17-20,25H,9-16H2,(H,29,31)(H,30,34)(H,32,33). The van der Waals surface area contributed by atoms with E-state index in [-0.39, 0.29) is 42.7 Å². The van der Waals surface area contributed by atoms with Gasteiger partial charge in [0.25, 0.3) is 0 Å². The lowest BCUT2D eigenvalue weighted by Crippen LogP contribution is -2.46. The SMILES string of the molecule is O=C(O)CC(CNC(=O)CC1CC(NC(=O)OCC2c3ccccc3-c3ccccc32)C1)C1CC1. The Labute approximate surface area is 205 Å². The van der Waals surface area contributed by atoms with Crippen LogP contribution in [0.15, 0.2) is 48.5 Å². The zero-order valence-corrected chi connectivity index (χ0v) is 19.7. The van der Waals surface area contributed by atoms with Gasteiger partial charge >= 0.3 is 12.1 Å². The Balaban J connectivity index is 1.03. The van der Waals surface area contributed by atoms with Crippen LogP contribution < -0.4 is 10.6 Å². The molecule has 1 unspecified atom stereocenters. The van der Waals surface area contributed by atoms with Gasteiger partial charge in [-0.1, -0.05) is 48.5 Å². The van der Waals surface area contributed by atoms with Crippen LogP contribution in [-0.4, -0.2) is 42.3 Å². The third-order valence-electron chi connectivity index (χ3n) is 7.66. The minimum Gasteiger partial charge on any atom is -0.481 e. The minimum atomic E-state index is -0.808. The molecule has 2 fully saturated rings. The Morgan fingerprint density at radius 1 is 0.971 bits per heavy atom. The molecule has 0 aromatic heterocycles. The second kappa shape index (κ2) is 10.1. The fraction of sp³-hybridized carbons (Fsp3) is 0.464. The van der Waals surface area contributed by atoms with Gasteiger partial charge < -0.3 is 20.5 Å². The largest absolute Gasteiger partial charge is 0.481 e. The van der Waals surface area contributed by atoms with E-state index < -0.39 is 12.1 Å². The van der Waals surface area contributed by atoms with Gasteiger partial charge in [0.15, 0.2) is 0 Å². The van der Waals surface area contributed by atoms with Crippen molar-refractivity contribution >= 4 is 18.0 Å². The molecule has 0 spiro atoms. The van der Waals surface area contributed by atoms with Crippen LogP contribution in [-0.2, 0) is 14.3 Å². The van der Waals surface area contributed by atoms with E-state index in [1.54, 1.807) is 0 Å². The summed E-state index contributed by atoms with van der Waals surface area (Å²) in [5.74, 6) is -0.121. The fourth-order valence-electron chi connectivity index (χ4n) is 5.60. The Hall–Kier alpha value is -3.35. The predicted octanol–water partition coefficient (Wildman–Crippen LogP) is 4.31. The smallest absolute Gasteiger partial charge is 0.407 e. The Morgan fingerprint density at radius 2 is 1.60 bits per heavy atom. The van der Waals surface area contributed by atoms with E-state index in [1.807, 2.05) is 24.3 Å². The van der Waals surface area contributed by atoms with Crippen LogP contribution in [0.5, 0.6) is 0 Å². The molecule has 0 heterocycles. The highest BCUT2D eigenvalue weighted by Gasteiger charge is 2.35. The summed E-state index contributed by atoms with van der Waals surface area (Å²) in [4.78, 5) is 35.7. The molecule has 2 aromatic rings. The lowest BCUT2D eigenvalue weighted by atomic mass is 9.78. The number of aliphatic carboxylic acids is 1. The zero-order chi connectivity index (χ0) is 24.4. The summed E-state index contributed by atoms with van der Waals surface area (Å²) in [6, 6.07) is 16.5. The van der Waals surface area contributed by atoms with Crippen molar-refractivity contribution in [3.63, 3.8) is 0 Å². The third kappa shape index (κ3) is 5.50. The highest BCUT2D eigenvalue weighted by Crippen LogP contribution is 2.44. The molecule has 0 saturated heterocycles. The van der Waals surface area contributed by atoms with Crippen LogP contribution in [0, 0.1) is 17.8 Å². The second-order valence-electron chi connectivity index (χ2n) is 10.2. The molecule has 3 aliphatic carbocycles. The molecule has 7 nitrogen and oxygen atoms in total. The van der Waals surface area contributed by atoms with E-state index in [4.69, 9.17) is 9.84 Å². The van der Waals surface area contributed by atoms with E-state index in [1.165, 1.54) is 22.3 Å². The Kier molecular flexibility index (Phi) is 6.75. The number of alkyl carbamates (subject to hydrolysis) is 1. The maximum atomic E-state index is 12.4. The molecule has 184 valence electrons. The van der Waals surface area contributed by atoms with Crippen molar-refractivity contribution in [2.75, 3.05) is 13.2 Å². The molecule has 2 aromatic carbocycles. The quantitative estimate of drug-likeness (QED) is 0.474. The molecule has 2 saturated carbocycles. The van der Waals surface area contributed by atoms with Crippen LogP contribution >= 0.6 is 0 Å². The summed E-state index contributed by atoms with van der Waals surface area (Å²) in [5.41, 5.74) is 4.76. The molecule has 35 heavy (non-hydrogen) atoms. The van der Waals surface area contributed by atoms with Gasteiger partial charge in [0.2, 0.25) is 5.91 Å². The number of carboxylic acids is 1. The number of ether oxygens (including phenoxy) is 1. The first-order chi connectivity index (χ1) is 17.0. The number of carbonyl (C=O) groups excluding carboxylic acids is 2. The van der Waals surface area contributed by atoms with E-state index in [9.17, 15) is 14.4 Å². The van der Waals surface area contributed by atoms with Crippen LogP contribution in [0.3, 0.4) is 0 Å². The van der Waals surface area contributed by atoms with Gasteiger partial charge in [-0.15, -0.1) is 0 Å². The van der Waals surface area contributed by atoms with Gasteiger partial charge in [-0.05, 0) is 65.7 Å². The number of amides is 2. The molecular weight excluding hydrogens is 444 g/mol. The van der Waals surface area contributed by atoms with Crippen molar-refractivity contribution in [2.24, 2.45) is 17.8 Å². The van der Waals surface area contributed by atoms with Gasteiger partial charge in [0.1, 0.15) is 6.61 Å². The maximum Gasteiger partial charge on any atom is 0.407 e. The first-order valence-corrected chi connectivity index (χ1v) is 12.6. The number of rotatable bonds is 10. The summed E-state index contributed by atoms with van der Waals surface area (Å²) in [5, 5.41) is 14.9. The average Bonchev–Trinajstić information content (AvgIpc) is 3.62. The molecular formula is C28H32N2O5. The number of carboxylic acid groups (broad SMARTS) is 1. The van der Waals surface area contributed by atoms with Crippen molar-refractivity contribution in [3.8, 4) is 11.1 Å². The molecule has 0 radical (unpaired) electrons. The Bertz CT molecular complexity index is 1060. The van der Waals surface area contributed by atoms with Gasteiger partial charge in [0.05, 0.1) is 6.42 Å².